The van der Waals surface area contributed by atoms with Gasteiger partial charge in [0.2, 0.25) is 0 Å². The van der Waals surface area contributed by atoms with E-state index in [2.05, 4.69) is 107 Å². The summed E-state index contributed by atoms with van der Waals surface area (Å²) in [4.78, 5) is 0. The molecule has 1 aromatic heterocycles. The van der Waals surface area contributed by atoms with Gasteiger partial charge in [-0.15, -0.1) is 0 Å². The van der Waals surface area contributed by atoms with Crippen molar-refractivity contribution < 1.29 is 18.5 Å². The van der Waals surface area contributed by atoms with Crippen molar-refractivity contribution in [2.24, 2.45) is 0 Å². The van der Waals surface area contributed by atoms with Crippen LogP contribution in [0.15, 0.2) is 108 Å². The lowest BCUT2D eigenvalue weighted by Crippen LogP contribution is -2.41. The number of benzene rings is 5. The van der Waals surface area contributed by atoms with E-state index in [4.69, 9.17) is 18.5 Å². The quantitative estimate of drug-likeness (QED) is 0.193. The molecule has 204 valence electrons. The van der Waals surface area contributed by atoms with E-state index < -0.39 is 23.7 Å². The number of furan rings is 1. The van der Waals surface area contributed by atoms with Crippen molar-refractivity contribution in [2.45, 2.75) is 44.3 Å². The lowest BCUT2D eigenvalue weighted by atomic mass is 9.64. The maximum Gasteiger partial charge on any atom is 0.498 e. The fourth-order valence-electron chi connectivity index (χ4n) is 7.39. The van der Waals surface area contributed by atoms with E-state index in [1.54, 1.807) is 0 Å². The first-order valence-electron chi connectivity index (χ1n) is 14.6. The number of hydrogen-bond donors (Lipinski definition) is 0. The molecular formula is C37H29BO4. The summed E-state index contributed by atoms with van der Waals surface area (Å²) in [5.41, 5.74) is 8.07. The first-order chi connectivity index (χ1) is 20.3. The van der Waals surface area contributed by atoms with Gasteiger partial charge in [0.1, 0.15) is 22.7 Å². The first-order valence-corrected chi connectivity index (χ1v) is 14.6. The number of para-hydroxylation sites is 3. The lowest BCUT2D eigenvalue weighted by molar-refractivity contribution is 0.00578. The fourth-order valence-corrected chi connectivity index (χ4v) is 7.39. The Labute approximate surface area is 245 Å². The van der Waals surface area contributed by atoms with Gasteiger partial charge in [0, 0.05) is 27.4 Å². The summed E-state index contributed by atoms with van der Waals surface area (Å²) in [7, 11) is -0.588. The summed E-state index contributed by atoms with van der Waals surface area (Å²) < 4.78 is 26.7. The maximum atomic E-state index is 6.70. The van der Waals surface area contributed by atoms with Crippen molar-refractivity contribution in [3.05, 3.63) is 125 Å². The molecular weight excluding hydrogens is 519 g/mol. The molecule has 1 aliphatic carbocycles. The van der Waals surface area contributed by atoms with Gasteiger partial charge in [-0.05, 0) is 68.1 Å². The number of fused-ring (bicyclic) bond motifs is 13. The van der Waals surface area contributed by atoms with E-state index in [-0.39, 0.29) is 0 Å². The van der Waals surface area contributed by atoms with Gasteiger partial charge < -0.3 is 18.5 Å². The van der Waals surface area contributed by atoms with Gasteiger partial charge >= 0.3 is 7.12 Å². The van der Waals surface area contributed by atoms with E-state index in [1.165, 1.54) is 22.3 Å². The van der Waals surface area contributed by atoms with Gasteiger partial charge in [-0.3, -0.25) is 0 Å². The van der Waals surface area contributed by atoms with Crippen LogP contribution in [0.5, 0.6) is 11.5 Å². The molecule has 5 heteroatoms. The zero-order valence-corrected chi connectivity index (χ0v) is 24.0. The third-order valence-electron chi connectivity index (χ3n) is 9.99. The second kappa shape index (κ2) is 7.94. The molecule has 0 saturated carbocycles. The molecule has 6 aromatic rings. The second-order valence-electron chi connectivity index (χ2n) is 12.7. The summed E-state index contributed by atoms with van der Waals surface area (Å²) in [5, 5.41) is 2.18. The molecule has 5 aromatic carbocycles. The smallest absolute Gasteiger partial charge is 0.457 e. The normalized spacial score (nSPS) is 18.5. The maximum absolute atomic E-state index is 6.70. The molecule has 3 aliphatic rings. The van der Waals surface area contributed by atoms with E-state index in [9.17, 15) is 0 Å². The minimum atomic E-state index is -0.595. The molecule has 0 atom stereocenters. The minimum Gasteiger partial charge on any atom is -0.457 e. The highest BCUT2D eigenvalue weighted by molar-refractivity contribution is 6.65. The van der Waals surface area contributed by atoms with Crippen LogP contribution in [0.3, 0.4) is 0 Å². The molecule has 2 aliphatic heterocycles. The van der Waals surface area contributed by atoms with Crippen LogP contribution in [0.25, 0.3) is 33.1 Å². The molecule has 0 unspecified atom stereocenters. The van der Waals surface area contributed by atoms with E-state index in [0.29, 0.717) is 0 Å². The first kappa shape index (κ1) is 24.3. The Morgan fingerprint density at radius 2 is 1.17 bits per heavy atom. The van der Waals surface area contributed by atoms with Crippen molar-refractivity contribution in [2.75, 3.05) is 0 Å². The summed E-state index contributed by atoms with van der Waals surface area (Å²) in [6, 6.07) is 36.3. The van der Waals surface area contributed by atoms with Gasteiger partial charge in [0.15, 0.2) is 0 Å². The molecule has 0 radical (unpaired) electrons. The van der Waals surface area contributed by atoms with Crippen molar-refractivity contribution >= 4 is 34.5 Å². The van der Waals surface area contributed by atoms with Crippen molar-refractivity contribution in [1.29, 1.82) is 0 Å². The molecule has 0 bridgehead atoms. The molecule has 1 fully saturated rings. The highest BCUT2D eigenvalue weighted by atomic mass is 16.7. The topological polar surface area (TPSA) is 40.8 Å². The van der Waals surface area contributed by atoms with Crippen LogP contribution in [-0.2, 0) is 14.7 Å². The highest BCUT2D eigenvalue weighted by Gasteiger charge is 2.56. The Bertz CT molecular complexity index is 2040. The average Bonchev–Trinajstić information content (AvgIpc) is 3.58. The molecule has 1 saturated heterocycles. The second-order valence-corrected chi connectivity index (χ2v) is 12.7. The molecule has 1 spiro atoms. The van der Waals surface area contributed by atoms with Crippen LogP contribution in [-0.4, -0.2) is 18.3 Å². The minimum absolute atomic E-state index is 0.493. The van der Waals surface area contributed by atoms with Gasteiger partial charge in [0.05, 0.1) is 16.6 Å². The number of ether oxygens (including phenoxy) is 1. The summed E-state index contributed by atoms with van der Waals surface area (Å²) >= 11 is 0. The third kappa shape index (κ3) is 2.85. The van der Waals surface area contributed by atoms with Crippen molar-refractivity contribution in [3.8, 4) is 22.6 Å². The molecule has 42 heavy (non-hydrogen) atoms. The highest BCUT2D eigenvalue weighted by Crippen LogP contribution is 2.63. The zero-order chi connectivity index (χ0) is 28.4. The predicted octanol–water partition coefficient (Wildman–Crippen LogP) is 8.35. The summed E-state index contributed by atoms with van der Waals surface area (Å²) in [6.07, 6.45) is 0. The Hall–Kier alpha value is -4.32. The van der Waals surface area contributed by atoms with Crippen LogP contribution < -0.4 is 10.2 Å². The van der Waals surface area contributed by atoms with Crippen molar-refractivity contribution in [1.82, 2.24) is 0 Å². The fraction of sp³-hybridized carbons (Fsp3) is 0.189. The molecule has 0 N–H and O–H groups in total. The SMILES string of the molecule is CC1(C)OB(c2cc3c(c4c2oc2ccccc24)-c2ccccc2C32c3ccccc3Oc3ccccc32)OC1(C)C. The molecule has 0 amide bonds. The predicted molar refractivity (Wildman–Crippen MR) is 167 cm³/mol. The monoisotopic (exact) mass is 548 g/mol. The Balaban J connectivity index is 1.49. The van der Waals surface area contributed by atoms with E-state index in [1.807, 2.05) is 24.3 Å². The molecule has 3 heterocycles. The van der Waals surface area contributed by atoms with Crippen LogP contribution >= 0.6 is 0 Å². The van der Waals surface area contributed by atoms with Gasteiger partial charge in [-0.25, -0.2) is 0 Å². The summed E-state index contributed by atoms with van der Waals surface area (Å²) in [6.45, 7) is 8.38. The Morgan fingerprint density at radius 1 is 0.595 bits per heavy atom. The van der Waals surface area contributed by atoms with Gasteiger partial charge in [-0.2, -0.15) is 0 Å². The Morgan fingerprint density at radius 3 is 1.86 bits per heavy atom. The van der Waals surface area contributed by atoms with Crippen molar-refractivity contribution in [3.63, 3.8) is 0 Å². The number of hydrogen-bond acceptors (Lipinski definition) is 4. The number of rotatable bonds is 1. The largest absolute Gasteiger partial charge is 0.498 e. The van der Waals surface area contributed by atoms with Crippen LogP contribution in [0.2, 0.25) is 0 Å². The third-order valence-corrected chi connectivity index (χ3v) is 9.99. The zero-order valence-electron chi connectivity index (χ0n) is 24.0. The standard InChI is InChI=1S/C37H29BO4/c1-35(2)36(3,4)42-38(41-35)28-21-27-32(33-23-14-6-10-18-29(23)40-34(28)33)22-13-5-7-15-24(22)37(27)25-16-8-11-19-30(25)39-31-20-12-9-17-26(31)37/h5-21H,1-4H3. The average molecular weight is 548 g/mol. The van der Waals surface area contributed by atoms with Gasteiger partial charge in [-0.1, -0.05) is 84.9 Å². The van der Waals surface area contributed by atoms with Crippen LogP contribution in [0.1, 0.15) is 49.9 Å². The molecule has 4 nitrogen and oxygen atoms in total. The van der Waals surface area contributed by atoms with E-state index in [0.717, 1.165) is 50.0 Å². The Kier molecular flexibility index (Phi) is 4.60. The van der Waals surface area contributed by atoms with E-state index >= 15 is 0 Å². The molecule has 9 rings (SSSR count). The van der Waals surface area contributed by atoms with Crippen LogP contribution in [0.4, 0.5) is 0 Å². The lowest BCUT2D eigenvalue weighted by Gasteiger charge is -2.39. The van der Waals surface area contributed by atoms with Crippen LogP contribution in [0, 0.1) is 0 Å². The van der Waals surface area contributed by atoms with Gasteiger partial charge in [0.25, 0.3) is 0 Å². The summed E-state index contributed by atoms with van der Waals surface area (Å²) in [5.74, 6) is 1.74.